The molecule has 0 heterocycles. The van der Waals surface area contributed by atoms with Gasteiger partial charge in [-0.2, -0.15) is 10.5 Å². The third-order valence-electron chi connectivity index (χ3n) is 4.42. The summed E-state index contributed by atoms with van der Waals surface area (Å²) in [7, 11) is -3.86. The molecule has 0 spiro atoms. The number of sulfone groups is 1. The van der Waals surface area contributed by atoms with E-state index in [2.05, 4.69) is 0 Å². The topological polar surface area (TPSA) is 81.7 Å². The molecular formula is C18H13FN2O2S. The molecule has 1 fully saturated rings. The molecule has 0 saturated heterocycles. The Hall–Kier alpha value is -2.70. The standard InChI is InChI=1S/C18H13FN2O2S/c1-12-2-8-15(9-3-12)24(22,23)17-16(18(17,10-20)11-21)13-4-6-14(19)7-5-13/h2-9,16-17H,1H3/t16-,17+/m1/s1. The van der Waals surface area contributed by atoms with Gasteiger partial charge in [-0.25, -0.2) is 12.8 Å². The summed E-state index contributed by atoms with van der Waals surface area (Å²) < 4.78 is 38.9. The molecule has 1 aliphatic rings. The molecule has 24 heavy (non-hydrogen) atoms. The van der Waals surface area contributed by atoms with Crippen molar-refractivity contribution in [1.82, 2.24) is 0 Å². The van der Waals surface area contributed by atoms with E-state index in [1.54, 1.807) is 12.1 Å². The summed E-state index contributed by atoms with van der Waals surface area (Å²) in [6.45, 7) is 1.84. The number of hydrogen-bond acceptors (Lipinski definition) is 4. The van der Waals surface area contributed by atoms with E-state index in [0.717, 1.165) is 5.56 Å². The summed E-state index contributed by atoms with van der Waals surface area (Å²) in [6, 6.07) is 15.3. The molecule has 0 aromatic heterocycles. The number of nitriles is 2. The van der Waals surface area contributed by atoms with Gasteiger partial charge in [0.25, 0.3) is 0 Å². The van der Waals surface area contributed by atoms with Gasteiger partial charge in [0.15, 0.2) is 15.3 Å². The summed E-state index contributed by atoms with van der Waals surface area (Å²) in [4.78, 5) is 0.0811. The number of hydrogen-bond donors (Lipinski definition) is 0. The maximum atomic E-state index is 13.1. The van der Waals surface area contributed by atoms with Crippen molar-refractivity contribution in [3.8, 4) is 12.1 Å². The lowest BCUT2D eigenvalue weighted by Crippen LogP contribution is -2.14. The third kappa shape index (κ3) is 2.28. The Balaban J connectivity index is 2.09. The van der Waals surface area contributed by atoms with Gasteiger partial charge in [0.2, 0.25) is 0 Å². The summed E-state index contributed by atoms with van der Waals surface area (Å²) in [5, 5.41) is 17.8. The first kappa shape index (κ1) is 16.2. The molecular weight excluding hydrogens is 327 g/mol. The molecule has 0 bridgehead atoms. The highest BCUT2D eigenvalue weighted by Gasteiger charge is 2.73. The fourth-order valence-corrected chi connectivity index (χ4v) is 5.26. The SMILES string of the molecule is Cc1ccc(S(=O)(=O)[C@H]2[C@@H](c3ccc(F)cc3)C2(C#N)C#N)cc1. The molecule has 0 radical (unpaired) electrons. The number of aryl methyl sites for hydroxylation is 1. The van der Waals surface area contributed by atoms with Crippen LogP contribution in [0, 0.1) is 40.8 Å². The minimum Gasteiger partial charge on any atom is -0.223 e. The Morgan fingerprint density at radius 2 is 1.54 bits per heavy atom. The van der Waals surface area contributed by atoms with Crippen molar-refractivity contribution in [1.29, 1.82) is 10.5 Å². The summed E-state index contributed by atoms with van der Waals surface area (Å²) >= 11 is 0. The van der Waals surface area contributed by atoms with Gasteiger partial charge in [-0.3, -0.25) is 0 Å². The van der Waals surface area contributed by atoms with Crippen molar-refractivity contribution in [2.24, 2.45) is 5.41 Å². The molecule has 120 valence electrons. The second-order valence-corrected chi connectivity index (χ2v) is 7.97. The van der Waals surface area contributed by atoms with Crippen LogP contribution in [0.2, 0.25) is 0 Å². The lowest BCUT2D eigenvalue weighted by Gasteiger charge is -2.04. The molecule has 2 atom stereocenters. The van der Waals surface area contributed by atoms with E-state index in [4.69, 9.17) is 0 Å². The predicted octanol–water partition coefficient (Wildman–Crippen LogP) is 3.11. The maximum absolute atomic E-state index is 13.1. The normalized spacial score (nSPS) is 21.5. The first-order chi connectivity index (χ1) is 11.4. The second-order valence-electron chi connectivity index (χ2n) is 5.90. The number of benzene rings is 2. The van der Waals surface area contributed by atoms with Crippen molar-refractivity contribution in [2.45, 2.75) is 23.0 Å². The Morgan fingerprint density at radius 3 is 2.04 bits per heavy atom. The van der Waals surface area contributed by atoms with Crippen LogP contribution in [0.15, 0.2) is 53.4 Å². The van der Waals surface area contributed by atoms with Crippen molar-refractivity contribution in [3.63, 3.8) is 0 Å². The highest BCUT2D eigenvalue weighted by Crippen LogP contribution is 2.63. The monoisotopic (exact) mass is 340 g/mol. The Labute approximate surface area is 139 Å². The van der Waals surface area contributed by atoms with Gasteiger partial charge in [0.05, 0.1) is 17.0 Å². The molecule has 1 aliphatic carbocycles. The first-order valence-electron chi connectivity index (χ1n) is 7.25. The van der Waals surface area contributed by atoms with Crippen molar-refractivity contribution < 1.29 is 12.8 Å². The van der Waals surface area contributed by atoms with Gasteiger partial charge in [0, 0.05) is 5.92 Å². The van der Waals surface area contributed by atoms with Crippen LogP contribution in [0.25, 0.3) is 0 Å². The van der Waals surface area contributed by atoms with E-state index in [0.29, 0.717) is 5.56 Å². The zero-order valence-corrected chi connectivity index (χ0v) is 13.6. The molecule has 1 saturated carbocycles. The zero-order valence-electron chi connectivity index (χ0n) is 12.8. The van der Waals surface area contributed by atoms with Gasteiger partial charge < -0.3 is 0 Å². The van der Waals surface area contributed by atoms with Gasteiger partial charge >= 0.3 is 0 Å². The highest BCUT2D eigenvalue weighted by atomic mass is 32.2. The van der Waals surface area contributed by atoms with Crippen LogP contribution in [-0.2, 0) is 9.84 Å². The van der Waals surface area contributed by atoms with Crippen LogP contribution < -0.4 is 0 Å². The highest BCUT2D eigenvalue weighted by molar-refractivity contribution is 7.92. The van der Waals surface area contributed by atoms with Crippen LogP contribution in [0.4, 0.5) is 4.39 Å². The summed E-state index contributed by atoms with van der Waals surface area (Å²) in [5.41, 5.74) is -0.270. The average molecular weight is 340 g/mol. The fraction of sp³-hybridized carbons (Fsp3) is 0.222. The number of halogens is 1. The first-order valence-corrected chi connectivity index (χ1v) is 8.80. The zero-order chi connectivity index (χ0) is 17.5. The van der Waals surface area contributed by atoms with Crippen LogP contribution in [0.3, 0.4) is 0 Å². The van der Waals surface area contributed by atoms with E-state index in [1.165, 1.54) is 36.4 Å². The Bertz CT molecular complexity index is 954. The second kappa shape index (κ2) is 5.43. The molecule has 0 N–H and O–H groups in total. The summed E-state index contributed by atoms with van der Waals surface area (Å²) in [5.74, 6) is -1.25. The molecule has 0 aliphatic heterocycles. The van der Waals surface area contributed by atoms with Crippen molar-refractivity contribution in [3.05, 3.63) is 65.5 Å². The third-order valence-corrected chi connectivity index (χ3v) is 6.66. The molecule has 2 aromatic carbocycles. The molecule has 6 heteroatoms. The van der Waals surface area contributed by atoms with E-state index in [1.807, 2.05) is 19.1 Å². The summed E-state index contributed by atoms with van der Waals surface area (Å²) in [6.07, 6.45) is 0. The van der Waals surface area contributed by atoms with Crippen LogP contribution >= 0.6 is 0 Å². The largest absolute Gasteiger partial charge is 0.223 e. The van der Waals surface area contributed by atoms with Gasteiger partial charge in [-0.05, 0) is 36.8 Å². The van der Waals surface area contributed by atoms with E-state index in [-0.39, 0.29) is 4.90 Å². The minimum atomic E-state index is -3.86. The molecule has 4 nitrogen and oxygen atoms in total. The number of rotatable bonds is 3. The maximum Gasteiger partial charge on any atom is 0.184 e. The van der Waals surface area contributed by atoms with Crippen LogP contribution in [0.1, 0.15) is 17.0 Å². The van der Waals surface area contributed by atoms with E-state index < -0.39 is 32.2 Å². The predicted molar refractivity (Wildman–Crippen MR) is 85.0 cm³/mol. The van der Waals surface area contributed by atoms with Gasteiger partial charge in [-0.1, -0.05) is 29.8 Å². The Morgan fingerprint density at radius 1 is 1.00 bits per heavy atom. The molecule has 0 unspecified atom stereocenters. The van der Waals surface area contributed by atoms with Gasteiger partial charge in [-0.15, -0.1) is 0 Å². The van der Waals surface area contributed by atoms with Crippen LogP contribution in [-0.4, -0.2) is 13.7 Å². The van der Waals surface area contributed by atoms with Crippen LogP contribution in [0.5, 0.6) is 0 Å². The van der Waals surface area contributed by atoms with E-state index >= 15 is 0 Å². The lowest BCUT2D eigenvalue weighted by molar-refractivity contribution is 0.591. The average Bonchev–Trinajstić information content (AvgIpc) is 3.26. The Kier molecular flexibility index (Phi) is 3.66. The van der Waals surface area contributed by atoms with Gasteiger partial charge in [0.1, 0.15) is 11.1 Å². The van der Waals surface area contributed by atoms with Crippen molar-refractivity contribution in [2.75, 3.05) is 0 Å². The fourth-order valence-electron chi connectivity index (χ4n) is 3.05. The van der Waals surface area contributed by atoms with E-state index in [9.17, 15) is 23.3 Å². The minimum absolute atomic E-state index is 0.0811. The van der Waals surface area contributed by atoms with Crippen molar-refractivity contribution >= 4 is 9.84 Å². The quantitative estimate of drug-likeness (QED) is 0.859. The lowest BCUT2D eigenvalue weighted by atomic mass is 10.0. The molecule has 2 aromatic rings. The molecule has 3 rings (SSSR count). The smallest absolute Gasteiger partial charge is 0.184 e. The molecule has 0 amide bonds. The number of nitrogens with zero attached hydrogens (tertiary/aromatic N) is 2.